The second-order valence-electron chi connectivity index (χ2n) is 9.47. The zero-order valence-corrected chi connectivity index (χ0v) is 21.9. The lowest BCUT2D eigenvalue weighted by molar-refractivity contribution is 0.103. The van der Waals surface area contributed by atoms with Gasteiger partial charge in [0.05, 0.1) is 0 Å². The van der Waals surface area contributed by atoms with Gasteiger partial charge >= 0.3 is 0 Å². The maximum atomic E-state index is 13.2. The highest BCUT2D eigenvalue weighted by Gasteiger charge is 2.23. The predicted octanol–water partition coefficient (Wildman–Crippen LogP) is 8.94. The Morgan fingerprint density at radius 1 is 0.912 bits per heavy atom. The van der Waals surface area contributed by atoms with Gasteiger partial charge in [-0.15, -0.1) is 0 Å². The Bertz CT molecular complexity index is 1110. The summed E-state index contributed by atoms with van der Waals surface area (Å²) >= 11 is 0. The molecule has 1 unspecified atom stereocenters. The molecule has 180 valence electrons. The molecule has 1 aliphatic heterocycles. The Hall–Kier alpha value is -2.87. The van der Waals surface area contributed by atoms with Gasteiger partial charge in [-0.05, 0) is 66.6 Å². The summed E-state index contributed by atoms with van der Waals surface area (Å²) in [6.07, 6.45) is 5.20. The van der Waals surface area contributed by atoms with E-state index in [2.05, 4.69) is 69.9 Å². The summed E-state index contributed by atoms with van der Waals surface area (Å²) in [7, 11) is 0. The first-order valence-corrected chi connectivity index (χ1v) is 13.1. The molecular weight excluding hydrogens is 414 g/mol. The van der Waals surface area contributed by atoms with Crippen LogP contribution in [0.15, 0.2) is 60.7 Å². The zero-order chi connectivity index (χ0) is 24.7. The number of anilines is 1. The molecule has 0 spiro atoms. The summed E-state index contributed by atoms with van der Waals surface area (Å²) in [4.78, 5) is 15.6. The van der Waals surface area contributed by atoms with Crippen LogP contribution in [0.5, 0.6) is 0 Å². The fourth-order valence-corrected chi connectivity index (χ4v) is 4.60. The summed E-state index contributed by atoms with van der Waals surface area (Å²) in [5.74, 6) is 0.626. The molecule has 0 bridgehead atoms. The molecule has 0 radical (unpaired) electrons. The third-order valence-corrected chi connectivity index (χ3v) is 7.04. The number of rotatable bonds is 7. The van der Waals surface area contributed by atoms with Gasteiger partial charge in [-0.3, -0.25) is 4.79 Å². The van der Waals surface area contributed by atoms with Gasteiger partial charge in [-0.25, -0.2) is 0 Å². The van der Waals surface area contributed by atoms with Crippen molar-refractivity contribution in [2.24, 2.45) is 0 Å². The van der Waals surface area contributed by atoms with Gasteiger partial charge in [-0.2, -0.15) is 0 Å². The van der Waals surface area contributed by atoms with E-state index < -0.39 is 0 Å². The van der Waals surface area contributed by atoms with E-state index in [1.54, 1.807) is 0 Å². The largest absolute Gasteiger partial charge is 0.367 e. The van der Waals surface area contributed by atoms with Crippen molar-refractivity contribution < 1.29 is 4.79 Å². The lowest BCUT2D eigenvalue weighted by atomic mass is 9.87. The molecule has 3 aromatic rings. The Balaban J connectivity index is 0.000000588. The predicted molar refractivity (Wildman–Crippen MR) is 147 cm³/mol. The van der Waals surface area contributed by atoms with Crippen LogP contribution in [0.1, 0.15) is 98.8 Å². The molecule has 2 heteroatoms. The molecule has 2 nitrogen and oxygen atoms in total. The van der Waals surface area contributed by atoms with Crippen molar-refractivity contribution in [2.45, 2.75) is 79.7 Å². The van der Waals surface area contributed by atoms with Crippen molar-refractivity contribution in [1.82, 2.24) is 0 Å². The second-order valence-corrected chi connectivity index (χ2v) is 9.47. The third-order valence-electron chi connectivity index (χ3n) is 7.04. The first-order valence-electron chi connectivity index (χ1n) is 13.1. The van der Waals surface area contributed by atoms with Gasteiger partial charge in [0.25, 0.3) is 0 Å². The minimum Gasteiger partial charge on any atom is -0.367 e. The van der Waals surface area contributed by atoms with Crippen molar-refractivity contribution in [3.8, 4) is 11.1 Å². The third kappa shape index (κ3) is 5.60. The number of carbonyl (C=O) groups excluding carboxylic acids is 1. The number of aryl methyl sites for hydroxylation is 1. The van der Waals surface area contributed by atoms with Gasteiger partial charge in [-0.1, -0.05) is 89.4 Å². The van der Waals surface area contributed by atoms with E-state index >= 15 is 0 Å². The lowest BCUT2D eigenvalue weighted by Gasteiger charge is -2.33. The number of fused-ring (bicyclic) bond motifs is 3. The fourth-order valence-electron chi connectivity index (χ4n) is 4.60. The minimum absolute atomic E-state index is 0.100. The van der Waals surface area contributed by atoms with Crippen LogP contribution < -0.4 is 4.90 Å². The van der Waals surface area contributed by atoms with Gasteiger partial charge in [0.1, 0.15) is 0 Å². The van der Waals surface area contributed by atoms with Crippen LogP contribution in [0.4, 0.5) is 5.69 Å². The number of hydrogen-bond acceptors (Lipinski definition) is 2. The molecule has 1 aliphatic rings. The summed E-state index contributed by atoms with van der Waals surface area (Å²) in [6.45, 7) is 15.0. The number of carbonyl (C=O) groups is 1. The van der Waals surface area contributed by atoms with E-state index in [1.165, 1.54) is 47.2 Å². The fraction of sp³-hybridized carbons (Fsp3) is 0.406. The van der Waals surface area contributed by atoms with Crippen LogP contribution in [-0.2, 0) is 6.54 Å². The molecule has 1 heterocycles. The van der Waals surface area contributed by atoms with Gasteiger partial charge < -0.3 is 4.90 Å². The maximum Gasteiger partial charge on any atom is 0.193 e. The Kier molecular flexibility index (Phi) is 9.10. The van der Waals surface area contributed by atoms with E-state index in [0.717, 1.165) is 36.2 Å². The average Bonchev–Trinajstić information content (AvgIpc) is 2.87. The number of nitrogens with zero attached hydrogens (tertiary/aromatic N) is 1. The van der Waals surface area contributed by atoms with Crippen LogP contribution in [-0.4, -0.2) is 12.3 Å². The summed E-state index contributed by atoms with van der Waals surface area (Å²) in [5, 5.41) is 0. The van der Waals surface area contributed by atoms with E-state index in [-0.39, 0.29) is 5.78 Å². The van der Waals surface area contributed by atoms with Gasteiger partial charge in [0.15, 0.2) is 5.78 Å². The summed E-state index contributed by atoms with van der Waals surface area (Å²) in [5.41, 5.74) is 8.96. The molecule has 34 heavy (non-hydrogen) atoms. The highest BCUT2D eigenvalue weighted by atomic mass is 16.1. The topological polar surface area (TPSA) is 20.3 Å². The molecule has 0 aliphatic carbocycles. The number of hydrogen-bond donors (Lipinski definition) is 0. The van der Waals surface area contributed by atoms with Gasteiger partial charge in [0.2, 0.25) is 0 Å². The van der Waals surface area contributed by atoms with E-state index in [0.29, 0.717) is 5.92 Å². The van der Waals surface area contributed by atoms with Crippen molar-refractivity contribution in [1.29, 1.82) is 0 Å². The molecule has 0 amide bonds. The molecule has 0 saturated heterocycles. The second kappa shape index (κ2) is 12.0. The lowest BCUT2D eigenvalue weighted by Crippen LogP contribution is -2.26. The van der Waals surface area contributed by atoms with Crippen LogP contribution in [0.2, 0.25) is 0 Å². The molecule has 4 rings (SSSR count). The molecular formula is C32H41NO. The van der Waals surface area contributed by atoms with Crippen LogP contribution in [0, 0.1) is 6.92 Å². The molecule has 0 saturated carbocycles. The molecule has 3 aromatic carbocycles. The molecule has 0 N–H and O–H groups in total. The van der Waals surface area contributed by atoms with Crippen molar-refractivity contribution in [3.63, 3.8) is 0 Å². The maximum absolute atomic E-state index is 13.2. The standard InChI is InChI=1S/C27H29NO.C5H12/c1-5-18(3)20-13-14-26-25(15-20)24-16-21(11-12-22(24)17-28(26)6-2)27(29)23-10-8-7-9-19(23)4;1-3-5-4-2/h7-16,18H,5-6,17H2,1-4H3;3-5H2,1-2H3. The van der Waals surface area contributed by atoms with E-state index in [1.807, 2.05) is 37.3 Å². The molecule has 0 aromatic heterocycles. The Morgan fingerprint density at radius 2 is 1.65 bits per heavy atom. The first-order chi connectivity index (χ1) is 16.4. The number of ketones is 1. The summed E-state index contributed by atoms with van der Waals surface area (Å²) < 4.78 is 0. The van der Waals surface area contributed by atoms with Gasteiger partial charge in [0, 0.05) is 35.5 Å². The molecule has 1 atom stereocenters. The van der Waals surface area contributed by atoms with Crippen LogP contribution in [0.3, 0.4) is 0 Å². The van der Waals surface area contributed by atoms with Crippen molar-refractivity contribution in [2.75, 3.05) is 11.4 Å². The average molecular weight is 456 g/mol. The quantitative estimate of drug-likeness (QED) is 0.331. The van der Waals surface area contributed by atoms with Crippen molar-refractivity contribution >= 4 is 11.5 Å². The first kappa shape index (κ1) is 25.7. The SMILES string of the molecule is CCC(C)c1ccc2c(c1)-c1cc(C(=O)c3ccccc3C)ccc1CN2CC.CCCCC. The normalized spacial score (nSPS) is 12.8. The van der Waals surface area contributed by atoms with Crippen LogP contribution in [0.25, 0.3) is 11.1 Å². The smallest absolute Gasteiger partial charge is 0.193 e. The molecule has 0 fully saturated rings. The highest BCUT2D eigenvalue weighted by molar-refractivity contribution is 6.10. The van der Waals surface area contributed by atoms with Crippen LogP contribution >= 0.6 is 0 Å². The van der Waals surface area contributed by atoms with Crippen molar-refractivity contribution in [3.05, 3.63) is 88.5 Å². The van der Waals surface area contributed by atoms with E-state index in [9.17, 15) is 4.79 Å². The summed E-state index contributed by atoms with van der Waals surface area (Å²) in [6, 6.07) is 20.9. The monoisotopic (exact) mass is 455 g/mol. The number of unbranched alkanes of at least 4 members (excludes halogenated alkanes) is 2. The minimum atomic E-state index is 0.100. The highest BCUT2D eigenvalue weighted by Crippen LogP contribution is 2.41. The number of benzene rings is 3. The Morgan fingerprint density at radius 3 is 2.26 bits per heavy atom. The zero-order valence-electron chi connectivity index (χ0n) is 21.9. The Labute approximate surface area is 207 Å². The van der Waals surface area contributed by atoms with E-state index in [4.69, 9.17) is 0 Å².